The molecule has 26 heavy (non-hydrogen) atoms. The fourth-order valence-electron chi connectivity index (χ4n) is 2.19. The van der Waals surface area contributed by atoms with E-state index in [2.05, 4.69) is 26.6 Å². The van der Waals surface area contributed by atoms with E-state index in [4.69, 9.17) is 8.83 Å². The molecule has 0 saturated carbocycles. The molecule has 0 unspecified atom stereocenters. The van der Waals surface area contributed by atoms with Crippen LogP contribution in [-0.2, 0) is 11.3 Å². The van der Waals surface area contributed by atoms with Crippen molar-refractivity contribution in [1.29, 1.82) is 0 Å². The Morgan fingerprint density at radius 2 is 1.85 bits per heavy atom. The van der Waals surface area contributed by atoms with E-state index >= 15 is 0 Å². The minimum Gasteiger partial charge on any atom is -0.467 e. The van der Waals surface area contributed by atoms with Gasteiger partial charge in [0.05, 0.1) is 19.1 Å². The van der Waals surface area contributed by atoms with Gasteiger partial charge in [0.15, 0.2) is 5.76 Å². The summed E-state index contributed by atoms with van der Waals surface area (Å²) in [7, 11) is 0. The lowest BCUT2D eigenvalue weighted by molar-refractivity contribution is -0.118. The van der Waals surface area contributed by atoms with Crippen molar-refractivity contribution in [2.45, 2.75) is 6.54 Å². The summed E-state index contributed by atoms with van der Waals surface area (Å²) in [5, 5.41) is 5.30. The van der Waals surface area contributed by atoms with Gasteiger partial charge in [-0.15, -0.1) is 0 Å². The molecule has 3 aromatic rings. The van der Waals surface area contributed by atoms with Gasteiger partial charge < -0.3 is 19.5 Å². The van der Waals surface area contributed by atoms with Crippen molar-refractivity contribution in [1.82, 2.24) is 10.6 Å². The highest BCUT2D eigenvalue weighted by atomic mass is 79.9. The van der Waals surface area contributed by atoms with E-state index in [1.165, 1.54) is 18.6 Å². The van der Waals surface area contributed by atoms with E-state index in [1.54, 1.807) is 24.3 Å². The largest absolute Gasteiger partial charge is 0.467 e. The lowest BCUT2D eigenvalue weighted by Gasteiger charge is -2.10. The Hall–Kier alpha value is -3.06. The summed E-state index contributed by atoms with van der Waals surface area (Å²) < 4.78 is 11.1. The van der Waals surface area contributed by atoms with Gasteiger partial charge in [-0.05, 0) is 48.0 Å². The Labute approximate surface area is 158 Å². The Kier molecular flexibility index (Phi) is 5.70. The van der Waals surface area contributed by atoms with Crippen LogP contribution in [0.25, 0.3) is 6.08 Å². The summed E-state index contributed by atoms with van der Waals surface area (Å²) in [6.45, 7) is 0.207. The van der Waals surface area contributed by atoms with Crippen LogP contribution < -0.4 is 10.6 Å². The zero-order valence-electron chi connectivity index (χ0n) is 13.6. The van der Waals surface area contributed by atoms with Gasteiger partial charge in [-0.2, -0.15) is 0 Å². The average molecular weight is 415 g/mol. The van der Waals surface area contributed by atoms with Crippen molar-refractivity contribution in [2.75, 3.05) is 0 Å². The minimum absolute atomic E-state index is 0.0936. The Morgan fingerprint density at radius 1 is 1.04 bits per heavy atom. The van der Waals surface area contributed by atoms with Gasteiger partial charge in [0.2, 0.25) is 0 Å². The van der Waals surface area contributed by atoms with Crippen LogP contribution in [0.4, 0.5) is 0 Å². The fraction of sp³-hybridized carbons (Fsp3) is 0.0526. The molecule has 0 radical (unpaired) electrons. The van der Waals surface area contributed by atoms with Crippen LogP contribution in [0, 0.1) is 0 Å². The summed E-state index contributed by atoms with van der Waals surface area (Å²) >= 11 is 3.38. The van der Waals surface area contributed by atoms with Crippen LogP contribution in [0.3, 0.4) is 0 Å². The highest BCUT2D eigenvalue weighted by Crippen LogP contribution is 2.14. The number of hydrogen-bond donors (Lipinski definition) is 2. The Balaban J connectivity index is 1.80. The summed E-state index contributed by atoms with van der Waals surface area (Å²) in [5.41, 5.74) is 0.846. The molecule has 2 amide bonds. The monoisotopic (exact) mass is 414 g/mol. The zero-order valence-corrected chi connectivity index (χ0v) is 15.2. The van der Waals surface area contributed by atoms with E-state index in [0.29, 0.717) is 5.76 Å². The lowest BCUT2D eigenvalue weighted by Crippen LogP contribution is -2.34. The van der Waals surface area contributed by atoms with Crippen molar-refractivity contribution >= 4 is 33.8 Å². The highest BCUT2D eigenvalue weighted by Gasteiger charge is 2.16. The first-order valence-electron chi connectivity index (χ1n) is 7.74. The molecule has 0 spiro atoms. The summed E-state index contributed by atoms with van der Waals surface area (Å²) in [4.78, 5) is 24.8. The third-order valence-electron chi connectivity index (χ3n) is 3.40. The molecule has 132 valence electrons. The number of carbonyl (C=O) groups excluding carboxylic acids is 2. The summed E-state index contributed by atoms with van der Waals surface area (Å²) in [5.74, 6) is -0.229. The standard InChI is InChI=1S/C19H15BrN2O4/c20-14-5-1-4-13(10-14)11-16(22-19(24)17-7-3-9-26-17)18(23)21-12-15-6-2-8-25-15/h1-11H,12H2,(H,21,23)(H,22,24). The molecule has 0 saturated heterocycles. The SMILES string of the molecule is O=C(NCc1ccco1)C(=Cc1cccc(Br)c1)NC(=O)c1ccco1. The molecule has 2 aromatic heterocycles. The van der Waals surface area contributed by atoms with Crippen molar-refractivity contribution in [3.8, 4) is 0 Å². The highest BCUT2D eigenvalue weighted by molar-refractivity contribution is 9.10. The molecule has 0 aliphatic heterocycles. The van der Waals surface area contributed by atoms with Crippen molar-refractivity contribution < 1.29 is 18.4 Å². The van der Waals surface area contributed by atoms with E-state index in [-0.39, 0.29) is 18.0 Å². The predicted molar refractivity (Wildman–Crippen MR) is 98.8 cm³/mol. The van der Waals surface area contributed by atoms with Gasteiger partial charge in [-0.3, -0.25) is 9.59 Å². The normalized spacial score (nSPS) is 11.2. The molecule has 0 bridgehead atoms. The maximum Gasteiger partial charge on any atom is 0.291 e. The molecule has 0 atom stereocenters. The van der Waals surface area contributed by atoms with Gasteiger partial charge in [0.1, 0.15) is 11.5 Å². The molecule has 1 aromatic carbocycles. The number of nitrogens with one attached hydrogen (secondary N) is 2. The van der Waals surface area contributed by atoms with Crippen LogP contribution in [0.2, 0.25) is 0 Å². The molecule has 2 heterocycles. The first-order chi connectivity index (χ1) is 12.6. The second-order valence-corrected chi connectivity index (χ2v) is 6.22. The predicted octanol–water partition coefficient (Wildman–Crippen LogP) is 3.72. The topological polar surface area (TPSA) is 84.5 Å². The lowest BCUT2D eigenvalue weighted by atomic mass is 10.2. The van der Waals surface area contributed by atoms with Crippen LogP contribution >= 0.6 is 15.9 Å². The van der Waals surface area contributed by atoms with E-state index in [9.17, 15) is 9.59 Å². The van der Waals surface area contributed by atoms with E-state index in [0.717, 1.165) is 10.0 Å². The maximum absolute atomic E-state index is 12.6. The van der Waals surface area contributed by atoms with Crippen LogP contribution in [0.1, 0.15) is 21.9 Å². The first kappa shape index (κ1) is 17.8. The molecular formula is C19H15BrN2O4. The zero-order chi connectivity index (χ0) is 18.4. The number of hydrogen-bond acceptors (Lipinski definition) is 4. The van der Waals surface area contributed by atoms with Crippen LogP contribution in [0.5, 0.6) is 0 Å². The molecule has 2 N–H and O–H groups in total. The van der Waals surface area contributed by atoms with Gasteiger partial charge >= 0.3 is 0 Å². The minimum atomic E-state index is -0.510. The van der Waals surface area contributed by atoms with Gasteiger partial charge in [-0.1, -0.05) is 28.1 Å². The number of furan rings is 2. The fourth-order valence-corrected chi connectivity index (χ4v) is 2.61. The molecule has 0 aliphatic rings. The number of benzene rings is 1. The summed E-state index contributed by atoms with van der Waals surface area (Å²) in [6, 6.07) is 14.0. The molecule has 3 rings (SSSR count). The van der Waals surface area contributed by atoms with Crippen molar-refractivity contribution in [2.24, 2.45) is 0 Å². The molecule has 0 fully saturated rings. The molecular weight excluding hydrogens is 400 g/mol. The van der Waals surface area contributed by atoms with Crippen LogP contribution in [0.15, 0.2) is 80.1 Å². The van der Waals surface area contributed by atoms with E-state index in [1.807, 2.05) is 24.3 Å². The summed E-state index contributed by atoms with van der Waals surface area (Å²) in [6.07, 6.45) is 4.51. The van der Waals surface area contributed by atoms with Crippen molar-refractivity contribution in [3.63, 3.8) is 0 Å². The first-order valence-corrected chi connectivity index (χ1v) is 8.54. The average Bonchev–Trinajstić information content (AvgIpc) is 3.32. The molecule has 0 aliphatic carbocycles. The van der Waals surface area contributed by atoms with Gasteiger partial charge in [-0.25, -0.2) is 0 Å². The third-order valence-corrected chi connectivity index (χ3v) is 3.89. The number of halogens is 1. The van der Waals surface area contributed by atoms with E-state index < -0.39 is 11.8 Å². The van der Waals surface area contributed by atoms with Crippen molar-refractivity contribution in [3.05, 3.63) is 88.3 Å². The number of carbonyl (C=O) groups is 2. The Morgan fingerprint density at radius 3 is 2.54 bits per heavy atom. The molecule has 6 nitrogen and oxygen atoms in total. The second kappa shape index (κ2) is 8.35. The maximum atomic E-state index is 12.6. The Bertz CT molecular complexity index is 915. The second-order valence-electron chi connectivity index (χ2n) is 5.31. The van der Waals surface area contributed by atoms with Crippen LogP contribution in [-0.4, -0.2) is 11.8 Å². The molecule has 7 heteroatoms. The van der Waals surface area contributed by atoms with Gasteiger partial charge in [0.25, 0.3) is 11.8 Å². The number of amides is 2. The third kappa shape index (κ3) is 4.73. The quantitative estimate of drug-likeness (QED) is 0.601. The van der Waals surface area contributed by atoms with Gasteiger partial charge in [0, 0.05) is 4.47 Å². The smallest absolute Gasteiger partial charge is 0.291 e. The number of rotatable bonds is 6.